The molecule has 0 aromatic heterocycles. The molecule has 5 heteroatoms. The normalized spacial score (nSPS) is 13.1. The molecule has 0 fully saturated rings. The summed E-state index contributed by atoms with van der Waals surface area (Å²) in [5.74, 6) is -1.94. The zero-order chi connectivity index (χ0) is 13.5. The van der Waals surface area contributed by atoms with Crippen molar-refractivity contribution in [2.24, 2.45) is 5.92 Å². The zero-order valence-electron chi connectivity index (χ0n) is 10.8. The van der Waals surface area contributed by atoms with Gasteiger partial charge in [-0.2, -0.15) is 8.78 Å². The lowest BCUT2D eigenvalue weighted by atomic mass is 10.1. The van der Waals surface area contributed by atoms with E-state index in [-0.39, 0.29) is 6.04 Å². The van der Waals surface area contributed by atoms with Crippen molar-refractivity contribution in [2.45, 2.75) is 30.5 Å². The molecule has 0 aliphatic carbocycles. The summed E-state index contributed by atoms with van der Waals surface area (Å²) in [6.07, 6.45) is 0. The third-order valence-electron chi connectivity index (χ3n) is 2.58. The van der Waals surface area contributed by atoms with Gasteiger partial charge in [-0.25, -0.2) is 0 Å². The predicted molar refractivity (Wildman–Crippen MR) is 72.4 cm³/mol. The van der Waals surface area contributed by atoms with Gasteiger partial charge in [0, 0.05) is 17.7 Å². The van der Waals surface area contributed by atoms with Crippen molar-refractivity contribution in [2.75, 3.05) is 19.0 Å². The number of ether oxygens (including phenoxy) is 1. The summed E-state index contributed by atoms with van der Waals surface area (Å²) in [4.78, 5) is 0.573. The second-order valence-corrected chi connectivity index (χ2v) is 5.42. The highest BCUT2D eigenvalue weighted by atomic mass is 32.2. The van der Waals surface area contributed by atoms with E-state index in [0.717, 1.165) is 5.69 Å². The minimum atomic E-state index is -2.37. The number of anilines is 1. The molecule has 0 spiro atoms. The first-order valence-electron chi connectivity index (χ1n) is 5.83. The fraction of sp³-hybridized carbons (Fsp3) is 0.538. The van der Waals surface area contributed by atoms with Crippen LogP contribution in [-0.2, 0) is 4.74 Å². The number of alkyl halides is 2. The lowest BCUT2D eigenvalue weighted by Gasteiger charge is -2.22. The number of methoxy groups -OCH3 is 1. The van der Waals surface area contributed by atoms with E-state index in [4.69, 9.17) is 4.74 Å². The van der Waals surface area contributed by atoms with Crippen LogP contribution >= 0.6 is 11.8 Å². The van der Waals surface area contributed by atoms with Crippen LogP contribution in [-0.4, -0.2) is 25.5 Å². The quantitative estimate of drug-likeness (QED) is 0.757. The number of halogens is 2. The maximum atomic E-state index is 12.2. The molecule has 0 bridgehead atoms. The molecule has 18 heavy (non-hydrogen) atoms. The van der Waals surface area contributed by atoms with E-state index in [9.17, 15) is 8.78 Å². The van der Waals surface area contributed by atoms with Crippen LogP contribution in [0.5, 0.6) is 0 Å². The third-order valence-corrected chi connectivity index (χ3v) is 3.31. The Morgan fingerprint density at radius 3 is 2.28 bits per heavy atom. The Labute approximate surface area is 111 Å². The van der Waals surface area contributed by atoms with Gasteiger partial charge in [-0.05, 0) is 30.2 Å². The van der Waals surface area contributed by atoms with Crippen LogP contribution in [0.25, 0.3) is 0 Å². The van der Waals surface area contributed by atoms with E-state index in [1.54, 1.807) is 19.2 Å². The van der Waals surface area contributed by atoms with E-state index in [0.29, 0.717) is 29.2 Å². The van der Waals surface area contributed by atoms with Crippen molar-refractivity contribution in [1.29, 1.82) is 0 Å². The average molecular weight is 275 g/mol. The first-order chi connectivity index (χ1) is 8.52. The van der Waals surface area contributed by atoms with Gasteiger partial charge in [-0.3, -0.25) is 0 Å². The topological polar surface area (TPSA) is 21.3 Å². The molecular weight excluding hydrogens is 256 g/mol. The maximum Gasteiger partial charge on any atom is 0.288 e. The first-order valence-corrected chi connectivity index (χ1v) is 6.71. The van der Waals surface area contributed by atoms with Gasteiger partial charge in [-0.15, -0.1) is 0 Å². The molecule has 0 amide bonds. The average Bonchev–Trinajstić information content (AvgIpc) is 2.30. The molecule has 2 nitrogen and oxygen atoms in total. The van der Waals surface area contributed by atoms with Crippen LogP contribution in [0.1, 0.15) is 13.8 Å². The number of rotatable bonds is 7. The molecule has 1 aromatic carbocycles. The maximum absolute atomic E-state index is 12.2. The van der Waals surface area contributed by atoms with E-state index in [1.807, 2.05) is 12.1 Å². The van der Waals surface area contributed by atoms with Gasteiger partial charge in [0.15, 0.2) is 0 Å². The molecule has 102 valence electrons. The Kier molecular flexibility index (Phi) is 6.43. The summed E-state index contributed by atoms with van der Waals surface area (Å²) >= 11 is 0.557. The zero-order valence-corrected chi connectivity index (χ0v) is 11.6. The minimum absolute atomic E-state index is 0.212. The third kappa shape index (κ3) is 5.23. The fourth-order valence-corrected chi connectivity index (χ4v) is 2.03. The summed E-state index contributed by atoms with van der Waals surface area (Å²) < 4.78 is 29.5. The highest BCUT2D eigenvalue weighted by Gasteiger charge is 2.12. The SMILES string of the molecule is COCC(Nc1ccc(SC(F)F)cc1)C(C)C. The van der Waals surface area contributed by atoms with Crippen LogP contribution in [0, 0.1) is 5.92 Å². The molecule has 0 aliphatic rings. The van der Waals surface area contributed by atoms with Crippen molar-refractivity contribution < 1.29 is 13.5 Å². The summed E-state index contributed by atoms with van der Waals surface area (Å²) in [6, 6.07) is 7.24. The van der Waals surface area contributed by atoms with Gasteiger partial charge in [0.05, 0.1) is 12.6 Å². The monoisotopic (exact) mass is 275 g/mol. The van der Waals surface area contributed by atoms with Crippen LogP contribution in [0.2, 0.25) is 0 Å². The van der Waals surface area contributed by atoms with E-state index < -0.39 is 5.76 Å². The predicted octanol–water partition coefficient (Wildman–Crippen LogP) is 4.08. The molecular formula is C13H19F2NOS. The Balaban J connectivity index is 2.61. The lowest BCUT2D eigenvalue weighted by Crippen LogP contribution is -2.30. The fourth-order valence-electron chi connectivity index (χ4n) is 1.53. The molecule has 1 atom stereocenters. The van der Waals surface area contributed by atoms with Gasteiger partial charge in [0.25, 0.3) is 5.76 Å². The molecule has 1 N–H and O–H groups in total. The highest BCUT2D eigenvalue weighted by Crippen LogP contribution is 2.26. The van der Waals surface area contributed by atoms with Crippen molar-refractivity contribution >= 4 is 17.4 Å². The molecule has 1 unspecified atom stereocenters. The smallest absolute Gasteiger partial charge is 0.288 e. The van der Waals surface area contributed by atoms with E-state index in [2.05, 4.69) is 19.2 Å². The summed E-state index contributed by atoms with van der Waals surface area (Å²) in [5, 5.41) is 3.34. The van der Waals surface area contributed by atoms with E-state index in [1.165, 1.54) is 0 Å². The van der Waals surface area contributed by atoms with Gasteiger partial charge in [0.1, 0.15) is 0 Å². The number of hydrogen-bond acceptors (Lipinski definition) is 3. The second kappa shape index (κ2) is 7.59. The molecule has 0 saturated carbocycles. The van der Waals surface area contributed by atoms with E-state index >= 15 is 0 Å². The van der Waals surface area contributed by atoms with Crippen LogP contribution in [0.3, 0.4) is 0 Å². The Bertz CT molecular complexity index is 343. The van der Waals surface area contributed by atoms with Gasteiger partial charge in [0.2, 0.25) is 0 Å². The number of hydrogen-bond donors (Lipinski definition) is 1. The standard InChI is InChI=1S/C13H19F2NOS/c1-9(2)12(8-17-3)16-10-4-6-11(7-5-10)18-13(14)15/h4-7,9,12-13,16H,8H2,1-3H3. The highest BCUT2D eigenvalue weighted by molar-refractivity contribution is 7.99. The number of nitrogens with one attached hydrogen (secondary N) is 1. The molecule has 0 radical (unpaired) electrons. The van der Waals surface area contributed by atoms with Crippen molar-refractivity contribution in [3.8, 4) is 0 Å². The molecule has 1 rings (SSSR count). The molecule has 1 aromatic rings. The van der Waals surface area contributed by atoms with Crippen LogP contribution in [0.4, 0.5) is 14.5 Å². The molecule has 0 saturated heterocycles. The Morgan fingerprint density at radius 1 is 1.22 bits per heavy atom. The second-order valence-electron chi connectivity index (χ2n) is 4.35. The van der Waals surface area contributed by atoms with Crippen molar-refractivity contribution in [3.05, 3.63) is 24.3 Å². The molecule has 0 aliphatic heterocycles. The number of benzene rings is 1. The van der Waals surface area contributed by atoms with Gasteiger partial charge < -0.3 is 10.1 Å². The molecule has 0 heterocycles. The van der Waals surface area contributed by atoms with Gasteiger partial charge >= 0.3 is 0 Å². The lowest BCUT2D eigenvalue weighted by molar-refractivity contribution is 0.171. The first kappa shape index (κ1) is 15.2. The summed E-state index contributed by atoms with van der Waals surface area (Å²) in [5.41, 5.74) is 0.921. The minimum Gasteiger partial charge on any atom is -0.383 e. The number of thioether (sulfide) groups is 1. The summed E-state index contributed by atoms with van der Waals surface area (Å²) in [7, 11) is 1.67. The summed E-state index contributed by atoms with van der Waals surface area (Å²) in [6.45, 7) is 4.83. The van der Waals surface area contributed by atoms with Crippen molar-refractivity contribution in [1.82, 2.24) is 0 Å². The Morgan fingerprint density at radius 2 is 1.83 bits per heavy atom. The van der Waals surface area contributed by atoms with Gasteiger partial charge in [-0.1, -0.05) is 25.6 Å². The largest absolute Gasteiger partial charge is 0.383 e. The van der Waals surface area contributed by atoms with Crippen molar-refractivity contribution in [3.63, 3.8) is 0 Å². The van der Waals surface area contributed by atoms with Crippen LogP contribution in [0.15, 0.2) is 29.2 Å². The Hall–Kier alpha value is -0.810. The van der Waals surface area contributed by atoms with Crippen LogP contribution < -0.4 is 5.32 Å².